The van der Waals surface area contributed by atoms with Crippen LogP contribution in [0.15, 0.2) is 59.5 Å². The van der Waals surface area contributed by atoms with Crippen LogP contribution in [-0.2, 0) is 40.7 Å². The fourth-order valence-corrected chi connectivity index (χ4v) is 19.8. The SMILES string of the molecule is O=S(=O)(OC(c1ccc2ccccc2c1)S(=O)(=O)[O-])c1c(C23CC4CC(CC(C4)C2)C3)cc(C23CC4CC(CC(C4)C2)C3)cc1C12CC3CC(CC(C3)C1)C2. The van der Waals surface area contributed by atoms with Crippen molar-refractivity contribution in [3.63, 3.8) is 0 Å². The Labute approximate surface area is 327 Å². The minimum absolute atomic E-state index is 0.0650. The molecule has 8 heteroatoms. The highest BCUT2D eigenvalue weighted by Gasteiger charge is 2.59. The summed E-state index contributed by atoms with van der Waals surface area (Å²) in [6.07, 6.45) is 21.1. The molecule has 0 spiro atoms. The van der Waals surface area contributed by atoms with Gasteiger partial charge in [-0.3, -0.25) is 0 Å². The summed E-state index contributed by atoms with van der Waals surface area (Å²) in [6.45, 7) is 0. The first-order valence-corrected chi connectivity index (χ1v) is 24.8. The van der Waals surface area contributed by atoms with Gasteiger partial charge in [0.1, 0.15) is 15.0 Å². The molecule has 0 heterocycles. The number of hydrogen-bond donors (Lipinski definition) is 0. The molecule has 0 aromatic heterocycles. The molecule has 12 bridgehead atoms. The van der Waals surface area contributed by atoms with Crippen LogP contribution in [0.4, 0.5) is 0 Å². The number of rotatable bonds is 8. The molecule has 12 fully saturated rings. The zero-order valence-electron chi connectivity index (χ0n) is 32.0. The van der Waals surface area contributed by atoms with Crippen molar-refractivity contribution in [1.29, 1.82) is 0 Å². The van der Waals surface area contributed by atoms with Crippen molar-refractivity contribution < 1.29 is 25.6 Å². The Balaban J connectivity index is 1.09. The summed E-state index contributed by atoms with van der Waals surface area (Å²) in [5.74, 6) is 5.87. The van der Waals surface area contributed by atoms with E-state index in [1.165, 1.54) is 82.6 Å². The topological polar surface area (TPSA) is 101 Å². The standard InChI is InChI=1S/C47H56O6S2/c48-54(49,50)44(39-6-5-37-3-1-2-4-38(37)16-39)53-55(51,52)43-41(46-22-31-10-32(23-46)12-33(11-31)24-46)17-40(45-19-28-7-29(20-45)9-30(8-28)21-45)18-42(43)47-25-34-13-35(26-47)15-36(14-34)27-47/h1-6,16-18,28-36,44H,7-15,19-27H2,(H,48,49,50)/p-1. The summed E-state index contributed by atoms with van der Waals surface area (Å²) in [7, 11) is -9.98. The molecule has 6 nitrogen and oxygen atoms in total. The highest BCUT2D eigenvalue weighted by atomic mass is 32.2. The van der Waals surface area contributed by atoms with Crippen molar-refractivity contribution in [1.82, 2.24) is 0 Å². The van der Waals surface area contributed by atoms with Crippen molar-refractivity contribution in [2.75, 3.05) is 0 Å². The molecule has 12 saturated carbocycles. The molecule has 0 amide bonds. The lowest BCUT2D eigenvalue weighted by atomic mass is 9.45. The van der Waals surface area contributed by atoms with Crippen LogP contribution in [0.3, 0.4) is 0 Å². The molecule has 0 saturated heterocycles. The summed E-state index contributed by atoms with van der Waals surface area (Å²) in [6, 6.07) is 17.2. The van der Waals surface area contributed by atoms with Crippen LogP contribution >= 0.6 is 0 Å². The van der Waals surface area contributed by atoms with E-state index in [1.807, 2.05) is 24.3 Å². The Bertz CT molecular complexity index is 2150. The molecule has 0 radical (unpaired) electrons. The molecule has 15 rings (SSSR count). The molecule has 1 unspecified atom stereocenters. The van der Waals surface area contributed by atoms with Gasteiger partial charge in [-0.15, -0.1) is 0 Å². The maximum atomic E-state index is 15.7. The molecule has 292 valence electrons. The van der Waals surface area contributed by atoms with Gasteiger partial charge in [-0.25, -0.2) is 12.6 Å². The minimum atomic E-state index is -5.23. The van der Waals surface area contributed by atoms with Crippen LogP contribution in [0, 0.1) is 53.3 Å². The van der Waals surface area contributed by atoms with Crippen molar-refractivity contribution in [3.8, 4) is 0 Å². The van der Waals surface area contributed by atoms with E-state index >= 15 is 8.42 Å². The van der Waals surface area contributed by atoms with E-state index < -0.39 is 25.7 Å². The number of hydrogen-bond acceptors (Lipinski definition) is 6. The summed E-state index contributed by atoms with van der Waals surface area (Å²) < 4.78 is 77.2. The Morgan fingerprint density at radius 1 is 0.509 bits per heavy atom. The second-order valence-corrected chi connectivity index (χ2v) is 24.4. The maximum absolute atomic E-state index is 15.7. The van der Waals surface area contributed by atoms with E-state index in [9.17, 15) is 13.0 Å². The van der Waals surface area contributed by atoms with Crippen molar-refractivity contribution in [2.24, 2.45) is 53.3 Å². The fourth-order valence-electron chi connectivity index (χ4n) is 17.1. The van der Waals surface area contributed by atoms with Crippen LogP contribution in [0.25, 0.3) is 10.8 Å². The Kier molecular flexibility index (Phi) is 7.39. The van der Waals surface area contributed by atoms with Gasteiger partial charge in [0.05, 0.1) is 0 Å². The van der Waals surface area contributed by atoms with E-state index in [1.54, 1.807) is 18.2 Å². The summed E-state index contributed by atoms with van der Waals surface area (Å²) in [5, 5.41) is 1.61. The van der Waals surface area contributed by atoms with Crippen molar-refractivity contribution in [3.05, 3.63) is 76.9 Å². The quantitative estimate of drug-likeness (QED) is 0.167. The lowest BCUT2D eigenvalue weighted by Crippen LogP contribution is -2.52. The van der Waals surface area contributed by atoms with Gasteiger partial charge in [0.15, 0.2) is 5.44 Å². The van der Waals surface area contributed by atoms with Crippen LogP contribution in [0.1, 0.15) is 143 Å². The largest absolute Gasteiger partial charge is 0.746 e. The van der Waals surface area contributed by atoms with Crippen molar-refractivity contribution >= 4 is 31.0 Å². The van der Waals surface area contributed by atoms with Crippen LogP contribution in [0.2, 0.25) is 0 Å². The second kappa shape index (κ2) is 11.7. The zero-order valence-corrected chi connectivity index (χ0v) is 33.6. The summed E-state index contributed by atoms with van der Waals surface area (Å²) in [5.41, 5.74) is 0.725. The van der Waals surface area contributed by atoms with Gasteiger partial charge in [-0.2, -0.15) is 8.42 Å². The average Bonchev–Trinajstić information content (AvgIpc) is 3.11. The Morgan fingerprint density at radius 2 is 0.891 bits per heavy atom. The fraction of sp³-hybridized carbons (Fsp3) is 0.660. The van der Waals surface area contributed by atoms with Gasteiger partial charge in [0.2, 0.25) is 0 Å². The first-order chi connectivity index (χ1) is 26.3. The first kappa shape index (κ1) is 34.8. The first-order valence-electron chi connectivity index (χ1n) is 21.9. The van der Waals surface area contributed by atoms with E-state index in [-0.39, 0.29) is 26.7 Å². The monoisotopic (exact) mass is 779 g/mol. The third kappa shape index (κ3) is 5.42. The molecule has 55 heavy (non-hydrogen) atoms. The lowest BCUT2D eigenvalue weighted by Gasteiger charge is -2.60. The van der Waals surface area contributed by atoms with Gasteiger partial charge >= 0.3 is 0 Å². The molecule has 3 aromatic carbocycles. The summed E-state index contributed by atoms with van der Waals surface area (Å²) in [4.78, 5) is 0.277. The normalized spacial score (nSPS) is 42.7. The van der Waals surface area contributed by atoms with Crippen LogP contribution in [-0.4, -0.2) is 21.4 Å². The average molecular weight is 780 g/mol. The third-order valence-corrected chi connectivity index (χ3v) is 20.1. The van der Waals surface area contributed by atoms with Gasteiger partial charge in [-0.1, -0.05) is 48.5 Å². The number of benzene rings is 3. The van der Waals surface area contributed by atoms with Crippen LogP contribution in [0.5, 0.6) is 0 Å². The van der Waals surface area contributed by atoms with Gasteiger partial charge < -0.3 is 4.55 Å². The third-order valence-electron chi connectivity index (χ3n) is 17.7. The molecular formula is C47H55O6S2-. The second-order valence-electron chi connectivity index (χ2n) is 21.5. The molecule has 3 aromatic rings. The maximum Gasteiger partial charge on any atom is 0.299 e. The lowest BCUT2D eigenvalue weighted by molar-refractivity contribution is -0.0138. The zero-order chi connectivity index (χ0) is 37.1. The highest BCUT2D eigenvalue weighted by Crippen LogP contribution is 2.67. The molecular weight excluding hydrogens is 725 g/mol. The molecule has 0 aliphatic heterocycles. The van der Waals surface area contributed by atoms with E-state index in [0.717, 1.165) is 78.2 Å². The Morgan fingerprint density at radius 3 is 1.29 bits per heavy atom. The minimum Gasteiger partial charge on any atom is -0.746 e. The van der Waals surface area contributed by atoms with Crippen molar-refractivity contribution in [2.45, 2.75) is 142 Å². The van der Waals surface area contributed by atoms with E-state index in [4.69, 9.17) is 4.18 Å². The smallest absolute Gasteiger partial charge is 0.299 e. The number of fused-ring (bicyclic) bond motifs is 1. The van der Waals surface area contributed by atoms with Gasteiger partial charge in [-0.05, 0) is 224 Å². The van der Waals surface area contributed by atoms with Crippen LogP contribution < -0.4 is 0 Å². The molecule has 12 aliphatic carbocycles. The highest BCUT2D eigenvalue weighted by molar-refractivity contribution is 7.89. The molecule has 0 N–H and O–H groups in total. The predicted molar refractivity (Wildman–Crippen MR) is 211 cm³/mol. The Hall–Kier alpha value is -2.26. The predicted octanol–water partition coefficient (Wildman–Crippen LogP) is 10.2. The van der Waals surface area contributed by atoms with Gasteiger partial charge in [0, 0.05) is 0 Å². The van der Waals surface area contributed by atoms with E-state index in [0.29, 0.717) is 35.5 Å². The molecule has 1 atom stereocenters. The van der Waals surface area contributed by atoms with Gasteiger partial charge in [0.25, 0.3) is 10.1 Å². The molecule has 12 aliphatic rings. The summed E-state index contributed by atoms with van der Waals surface area (Å²) >= 11 is 0. The van der Waals surface area contributed by atoms with E-state index in [2.05, 4.69) is 12.1 Å².